The second-order valence-corrected chi connectivity index (χ2v) is 4.76. The topological polar surface area (TPSA) is 102 Å². The molecule has 0 aliphatic carbocycles. The Hall–Kier alpha value is -2.21. The minimum Gasteiger partial charge on any atom is -0.478 e. The summed E-state index contributed by atoms with van der Waals surface area (Å²) in [4.78, 5) is 12.6. The molecule has 0 saturated heterocycles. The predicted octanol–water partition coefficient (Wildman–Crippen LogP) is 1.54. The molecule has 0 aliphatic rings. The summed E-state index contributed by atoms with van der Waals surface area (Å²) in [6.45, 7) is 1.55. The third-order valence-electron chi connectivity index (χ3n) is 2.84. The van der Waals surface area contributed by atoms with Crippen molar-refractivity contribution in [3.8, 4) is 5.75 Å². The van der Waals surface area contributed by atoms with E-state index in [0.29, 0.717) is 23.5 Å². The number of hydrogen-bond donors (Lipinski definition) is 3. The van der Waals surface area contributed by atoms with Crippen LogP contribution in [0, 0.1) is 0 Å². The Morgan fingerprint density at radius 2 is 2.10 bits per heavy atom. The summed E-state index contributed by atoms with van der Waals surface area (Å²) in [5.74, 6) is -0.409. The molecule has 20 heavy (non-hydrogen) atoms. The van der Waals surface area contributed by atoms with Gasteiger partial charge in [-0.05, 0) is 39.2 Å². The second kappa shape index (κ2) is 6.81. The minimum atomic E-state index is -0.936. The molecule has 1 atom stereocenters. The smallest absolute Gasteiger partial charge is 0.330 e. The largest absolute Gasteiger partial charge is 0.478 e. The van der Waals surface area contributed by atoms with Crippen LogP contribution in [0.2, 0.25) is 0 Å². The van der Waals surface area contributed by atoms with Crippen LogP contribution in [0.15, 0.2) is 29.8 Å². The molecule has 0 aromatic heterocycles. The first-order chi connectivity index (χ1) is 9.31. The monoisotopic (exact) mass is 279 g/mol. The number of hydrogen-bond acceptors (Lipinski definition) is 5. The van der Waals surface area contributed by atoms with Gasteiger partial charge in [0.15, 0.2) is 6.23 Å². The van der Waals surface area contributed by atoms with Gasteiger partial charge in [0.1, 0.15) is 5.75 Å². The molecule has 0 fully saturated rings. The lowest BCUT2D eigenvalue weighted by Gasteiger charge is -2.25. The normalized spacial score (nSPS) is 13.3. The number of nitrogens with two attached hydrogens (primary N) is 2. The molecule has 1 aromatic carbocycles. The fraction of sp³-hybridized carbons (Fsp3) is 0.357. The van der Waals surface area contributed by atoms with Gasteiger partial charge in [-0.1, -0.05) is 6.08 Å². The molecule has 5 N–H and O–H groups in total. The van der Waals surface area contributed by atoms with Crippen LogP contribution in [0.25, 0.3) is 0 Å². The van der Waals surface area contributed by atoms with Crippen molar-refractivity contribution in [1.82, 2.24) is 4.90 Å². The summed E-state index contributed by atoms with van der Waals surface area (Å²) in [7, 11) is 3.70. The molecule has 1 rings (SSSR count). The highest BCUT2D eigenvalue weighted by molar-refractivity contribution is 5.85. The number of nitrogen functional groups attached to an aromatic ring is 2. The van der Waals surface area contributed by atoms with E-state index in [9.17, 15) is 4.79 Å². The zero-order valence-corrected chi connectivity index (χ0v) is 12.0. The zero-order valence-electron chi connectivity index (χ0n) is 12.0. The summed E-state index contributed by atoms with van der Waals surface area (Å²) >= 11 is 0. The van der Waals surface area contributed by atoms with E-state index >= 15 is 0 Å². The lowest BCUT2D eigenvalue weighted by molar-refractivity contribution is -0.132. The molecule has 0 spiro atoms. The Bertz CT molecular complexity index is 512. The molecule has 6 nitrogen and oxygen atoms in total. The van der Waals surface area contributed by atoms with Gasteiger partial charge in [0.05, 0.1) is 5.69 Å². The van der Waals surface area contributed by atoms with Gasteiger partial charge in [-0.3, -0.25) is 4.90 Å². The molecule has 1 aromatic rings. The number of anilines is 2. The molecule has 0 radical (unpaired) electrons. The quantitative estimate of drug-likeness (QED) is 0.415. The lowest BCUT2D eigenvalue weighted by Crippen LogP contribution is -2.33. The van der Waals surface area contributed by atoms with E-state index in [1.165, 1.54) is 0 Å². The molecule has 1 unspecified atom stereocenters. The molecule has 0 saturated carbocycles. The first kappa shape index (κ1) is 15.8. The number of carbonyl (C=O) groups is 1. The van der Waals surface area contributed by atoms with Crippen molar-refractivity contribution < 1.29 is 14.6 Å². The fourth-order valence-corrected chi connectivity index (χ4v) is 1.55. The number of carboxylic acid groups (broad SMARTS) is 1. The average Bonchev–Trinajstić information content (AvgIpc) is 2.35. The van der Waals surface area contributed by atoms with Crippen LogP contribution in [0.1, 0.15) is 13.3 Å². The van der Waals surface area contributed by atoms with E-state index in [1.54, 1.807) is 31.2 Å². The SMILES string of the molecule is CC(=CCC(Oc1ccc(N)cc1N)N(C)C)C(=O)O. The summed E-state index contributed by atoms with van der Waals surface area (Å²) in [5.41, 5.74) is 12.8. The van der Waals surface area contributed by atoms with Crippen LogP contribution in [-0.2, 0) is 4.79 Å². The van der Waals surface area contributed by atoms with Gasteiger partial charge in [0.25, 0.3) is 0 Å². The van der Waals surface area contributed by atoms with Crippen molar-refractivity contribution in [2.75, 3.05) is 25.6 Å². The molecule has 110 valence electrons. The number of carboxylic acids is 1. The predicted molar refractivity (Wildman–Crippen MR) is 79.4 cm³/mol. The van der Waals surface area contributed by atoms with Gasteiger partial charge in [0, 0.05) is 17.7 Å². The maximum atomic E-state index is 10.8. The van der Waals surface area contributed by atoms with Gasteiger partial charge in [-0.25, -0.2) is 4.79 Å². The molecular weight excluding hydrogens is 258 g/mol. The van der Waals surface area contributed by atoms with E-state index < -0.39 is 5.97 Å². The summed E-state index contributed by atoms with van der Waals surface area (Å²) in [5, 5.41) is 8.84. The number of nitrogens with zero attached hydrogens (tertiary/aromatic N) is 1. The van der Waals surface area contributed by atoms with Gasteiger partial charge in [-0.15, -0.1) is 0 Å². The van der Waals surface area contributed by atoms with Crippen LogP contribution in [0.3, 0.4) is 0 Å². The van der Waals surface area contributed by atoms with Crippen LogP contribution < -0.4 is 16.2 Å². The first-order valence-electron chi connectivity index (χ1n) is 6.19. The second-order valence-electron chi connectivity index (χ2n) is 4.76. The molecule has 0 bridgehead atoms. The van der Waals surface area contributed by atoms with Gasteiger partial charge in [-0.2, -0.15) is 0 Å². The van der Waals surface area contributed by atoms with Crippen molar-refractivity contribution in [2.24, 2.45) is 0 Å². The van der Waals surface area contributed by atoms with E-state index in [2.05, 4.69) is 0 Å². The molecular formula is C14H21N3O3. The molecule has 6 heteroatoms. The van der Waals surface area contributed by atoms with Crippen LogP contribution in [0.5, 0.6) is 5.75 Å². The van der Waals surface area contributed by atoms with E-state index in [0.717, 1.165) is 0 Å². The van der Waals surface area contributed by atoms with E-state index in [1.807, 2.05) is 19.0 Å². The van der Waals surface area contributed by atoms with Crippen LogP contribution >= 0.6 is 0 Å². The van der Waals surface area contributed by atoms with Gasteiger partial charge in [0.2, 0.25) is 0 Å². The molecule has 0 amide bonds. The Kier molecular flexibility index (Phi) is 5.40. The highest BCUT2D eigenvalue weighted by Crippen LogP contribution is 2.25. The average molecular weight is 279 g/mol. The molecule has 0 aliphatic heterocycles. The van der Waals surface area contributed by atoms with Crippen molar-refractivity contribution in [3.63, 3.8) is 0 Å². The number of aliphatic carboxylic acids is 1. The van der Waals surface area contributed by atoms with Crippen LogP contribution in [-0.4, -0.2) is 36.3 Å². The highest BCUT2D eigenvalue weighted by atomic mass is 16.5. The Balaban J connectivity index is 2.82. The van der Waals surface area contributed by atoms with Gasteiger partial charge >= 0.3 is 5.97 Å². The third-order valence-corrected chi connectivity index (χ3v) is 2.84. The summed E-state index contributed by atoms with van der Waals surface area (Å²) in [6, 6.07) is 5.03. The van der Waals surface area contributed by atoms with Crippen LogP contribution in [0.4, 0.5) is 11.4 Å². The maximum Gasteiger partial charge on any atom is 0.330 e. The summed E-state index contributed by atoms with van der Waals surface area (Å²) in [6.07, 6.45) is 1.75. The van der Waals surface area contributed by atoms with Crippen molar-refractivity contribution in [1.29, 1.82) is 0 Å². The fourth-order valence-electron chi connectivity index (χ4n) is 1.55. The Labute approximate surface area is 118 Å². The summed E-state index contributed by atoms with van der Waals surface area (Å²) < 4.78 is 5.80. The lowest BCUT2D eigenvalue weighted by atomic mass is 10.2. The Morgan fingerprint density at radius 1 is 1.45 bits per heavy atom. The maximum absolute atomic E-state index is 10.8. The van der Waals surface area contributed by atoms with Gasteiger partial charge < -0.3 is 21.3 Å². The number of ether oxygens (including phenoxy) is 1. The first-order valence-corrected chi connectivity index (χ1v) is 6.19. The minimum absolute atomic E-state index is 0.283. The van der Waals surface area contributed by atoms with E-state index in [4.69, 9.17) is 21.3 Å². The standard InChI is InChI=1S/C14H21N3O3/c1-9(14(18)19)4-7-13(17(2)3)20-12-6-5-10(15)8-11(12)16/h4-6,8,13H,7,15-16H2,1-3H3,(H,18,19). The number of rotatable bonds is 6. The molecule has 0 heterocycles. The van der Waals surface area contributed by atoms with Crippen molar-refractivity contribution in [3.05, 3.63) is 29.8 Å². The highest BCUT2D eigenvalue weighted by Gasteiger charge is 2.14. The number of benzene rings is 1. The van der Waals surface area contributed by atoms with E-state index in [-0.39, 0.29) is 11.8 Å². The van der Waals surface area contributed by atoms with Crippen molar-refractivity contribution >= 4 is 17.3 Å². The Morgan fingerprint density at radius 3 is 2.60 bits per heavy atom. The third kappa shape index (κ3) is 4.47. The van der Waals surface area contributed by atoms with Crippen molar-refractivity contribution in [2.45, 2.75) is 19.6 Å². The zero-order chi connectivity index (χ0) is 15.3.